The van der Waals surface area contributed by atoms with E-state index >= 15 is 0 Å². The summed E-state index contributed by atoms with van der Waals surface area (Å²) in [5.41, 5.74) is 16.2. The second-order valence-electron chi connectivity index (χ2n) is 8.08. The standard InChI is InChI=1S/C20H32N8O8/c1-9(29)16(23)19(34)26-11(2-4-14(21)30)17(32)28-13(6-10-7-24-8-25-10)18(33)27-12(20(35)36)3-5-15(22)31/h7-9,11-13,16,29H,2-6,23H2,1H3,(H2,21,30)(H2,22,31)(H,24,25)(H,26,34)(H,27,33)(H,28,32)(H,35,36). The van der Waals surface area contributed by atoms with Gasteiger partial charge in [-0.05, 0) is 19.8 Å². The van der Waals surface area contributed by atoms with Crippen LogP contribution in [0.2, 0.25) is 0 Å². The van der Waals surface area contributed by atoms with Gasteiger partial charge in [0.25, 0.3) is 0 Å². The lowest BCUT2D eigenvalue weighted by molar-refractivity contribution is -0.142. The first kappa shape index (κ1) is 30.0. The van der Waals surface area contributed by atoms with E-state index < -0.39 is 65.8 Å². The van der Waals surface area contributed by atoms with Gasteiger partial charge in [0, 0.05) is 31.2 Å². The maximum Gasteiger partial charge on any atom is 0.326 e. The number of nitrogens with two attached hydrogens (primary N) is 3. The van der Waals surface area contributed by atoms with E-state index in [1.54, 1.807) is 0 Å². The van der Waals surface area contributed by atoms with Gasteiger partial charge in [-0.15, -0.1) is 0 Å². The molecule has 5 atom stereocenters. The molecule has 5 unspecified atom stereocenters. The zero-order valence-corrected chi connectivity index (χ0v) is 19.6. The molecule has 12 N–H and O–H groups in total. The van der Waals surface area contributed by atoms with E-state index in [0.717, 1.165) is 0 Å². The summed E-state index contributed by atoms with van der Waals surface area (Å²) in [6, 6.07) is -5.57. The number of aliphatic hydroxyl groups excluding tert-OH is 1. The summed E-state index contributed by atoms with van der Waals surface area (Å²) < 4.78 is 0. The zero-order chi connectivity index (χ0) is 27.4. The molecule has 1 heterocycles. The van der Waals surface area contributed by atoms with Crippen molar-refractivity contribution in [2.75, 3.05) is 0 Å². The minimum atomic E-state index is -1.47. The van der Waals surface area contributed by atoms with Gasteiger partial charge in [-0.1, -0.05) is 0 Å². The summed E-state index contributed by atoms with van der Waals surface area (Å²) >= 11 is 0. The summed E-state index contributed by atoms with van der Waals surface area (Å²) in [6.45, 7) is 1.27. The molecule has 0 bridgehead atoms. The molecule has 0 fully saturated rings. The van der Waals surface area contributed by atoms with Crippen LogP contribution >= 0.6 is 0 Å². The van der Waals surface area contributed by atoms with Gasteiger partial charge in [-0.25, -0.2) is 9.78 Å². The Bertz CT molecular complexity index is 936. The van der Waals surface area contributed by atoms with Crippen molar-refractivity contribution in [1.29, 1.82) is 0 Å². The number of rotatable bonds is 16. The highest BCUT2D eigenvalue weighted by Gasteiger charge is 2.31. The topological polar surface area (TPSA) is 286 Å². The van der Waals surface area contributed by atoms with Crippen molar-refractivity contribution in [2.45, 2.75) is 69.3 Å². The first-order valence-electron chi connectivity index (χ1n) is 10.9. The Morgan fingerprint density at radius 2 is 1.42 bits per heavy atom. The number of aromatic amines is 1. The predicted octanol–water partition coefficient (Wildman–Crippen LogP) is -4.27. The minimum Gasteiger partial charge on any atom is -0.480 e. The van der Waals surface area contributed by atoms with Crippen molar-refractivity contribution in [1.82, 2.24) is 25.9 Å². The van der Waals surface area contributed by atoms with Crippen LogP contribution < -0.4 is 33.2 Å². The fourth-order valence-electron chi connectivity index (χ4n) is 2.96. The van der Waals surface area contributed by atoms with Crippen LogP contribution in [0.4, 0.5) is 0 Å². The van der Waals surface area contributed by atoms with Crippen LogP contribution in [-0.2, 0) is 35.2 Å². The van der Waals surface area contributed by atoms with Crippen LogP contribution in [0.3, 0.4) is 0 Å². The van der Waals surface area contributed by atoms with E-state index in [1.165, 1.54) is 19.4 Å². The SMILES string of the molecule is CC(O)C(N)C(=O)NC(CCC(N)=O)C(=O)NC(Cc1cnc[nH]1)C(=O)NC(CCC(N)=O)C(=O)O. The van der Waals surface area contributed by atoms with Crippen molar-refractivity contribution in [3.63, 3.8) is 0 Å². The first-order valence-corrected chi connectivity index (χ1v) is 10.9. The molecule has 0 aliphatic rings. The number of hydrogen-bond donors (Lipinski definition) is 9. The largest absolute Gasteiger partial charge is 0.480 e. The van der Waals surface area contributed by atoms with E-state index in [4.69, 9.17) is 17.2 Å². The molecule has 0 radical (unpaired) electrons. The summed E-state index contributed by atoms with van der Waals surface area (Å²) in [7, 11) is 0. The monoisotopic (exact) mass is 512 g/mol. The Labute approximate surface area is 205 Å². The maximum atomic E-state index is 13.0. The molecule has 0 spiro atoms. The molecule has 200 valence electrons. The number of imidazole rings is 1. The molecule has 1 rings (SSSR count). The van der Waals surface area contributed by atoms with Gasteiger partial charge in [0.1, 0.15) is 24.2 Å². The first-order chi connectivity index (χ1) is 16.8. The number of aliphatic carboxylic acids is 1. The van der Waals surface area contributed by atoms with Gasteiger partial charge in [0.2, 0.25) is 29.5 Å². The average molecular weight is 513 g/mol. The van der Waals surface area contributed by atoms with Crippen LogP contribution in [0.1, 0.15) is 38.3 Å². The number of hydrogen-bond acceptors (Lipinski definition) is 9. The normalized spacial score (nSPS) is 15.0. The molecule has 0 aromatic carbocycles. The summed E-state index contributed by atoms with van der Waals surface area (Å²) in [6.07, 6.45) is 0.187. The number of H-pyrrole nitrogens is 1. The highest BCUT2D eigenvalue weighted by Crippen LogP contribution is 2.06. The Morgan fingerprint density at radius 1 is 0.917 bits per heavy atom. The van der Waals surface area contributed by atoms with Gasteiger partial charge in [-0.3, -0.25) is 24.0 Å². The van der Waals surface area contributed by atoms with Gasteiger partial charge in [-0.2, -0.15) is 0 Å². The lowest BCUT2D eigenvalue weighted by Gasteiger charge is -2.25. The molecule has 0 saturated carbocycles. The lowest BCUT2D eigenvalue weighted by atomic mass is 10.1. The van der Waals surface area contributed by atoms with Crippen LogP contribution in [0, 0.1) is 0 Å². The lowest BCUT2D eigenvalue weighted by Crippen LogP contribution is -2.58. The fraction of sp³-hybridized carbons (Fsp3) is 0.550. The van der Waals surface area contributed by atoms with E-state index in [9.17, 15) is 39.0 Å². The Hall–Kier alpha value is -4.05. The van der Waals surface area contributed by atoms with Crippen molar-refractivity contribution in [3.8, 4) is 0 Å². The van der Waals surface area contributed by atoms with E-state index in [-0.39, 0.29) is 32.1 Å². The third-order valence-electron chi connectivity index (χ3n) is 5.04. The van der Waals surface area contributed by atoms with Gasteiger partial charge < -0.3 is 48.3 Å². The fourth-order valence-corrected chi connectivity index (χ4v) is 2.96. The zero-order valence-electron chi connectivity index (χ0n) is 19.6. The summed E-state index contributed by atoms with van der Waals surface area (Å²) in [5.74, 6) is -5.63. The molecular formula is C20H32N8O8. The number of carboxylic acid groups (broad SMARTS) is 1. The number of aromatic nitrogens is 2. The van der Waals surface area contributed by atoms with E-state index in [2.05, 4.69) is 25.9 Å². The highest BCUT2D eigenvalue weighted by molar-refractivity contribution is 5.94. The van der Waals surface area contributed by atoms with E-state index in [0.29, 0.717) is 5.69 Å². The molecule has 5 amide bonds. The number of carbonyl (C=O) groups is 6. The van der Waals surface area contributed by atoms with E-state index in [1.807, 2.05) is 0 Å². The number of amides is 5. The molecule has 36 heavy (non-hydrogen) atoms. The second kappa shape index (κ2) is 14.4. The maximum absolute atomic E-state index is 13.0. The summed E-state index contributed by atoms with van der Waals surface area (Å²) in [4.78, 5) is 78.5. The smallest absolute Gasteiger partial charge is 0.326 e. The van der Waals surface area contributed by atoms with Gasteiger partial charge >= 0.3 is 5.97 Å². The Kier molecular flexibility index (Phi) is 12.0. The Balaban J connectivity index is 3.09. The van der Waals surface area contributed by atoms with Crippen LogP contribution in [0.25, 0.3) is 0 Å². The Morgan fingerprint density at radius 3 is 1.89 bits per heavy atom. The molecule has 1 aromatic rings. The predicted molar refractivity (Wildman–Crippen MR) is 122 cm³/mol. The number of carboxylic acids is 1. The number of aliphatic hydroxyl groups is 1. The number of primary amides is 2. The quantitative estimate of drug-likeness (QED) is 0.103. The molecule has 0 saturated heterocycles. The second-order valence-corrected chi connectivity index (χ2v) is 8.08. The molecular weight excluding hydrogens is 480 g/mol. The van der Waals surface area contributed by atoms with Crippen LogP contribution in [0.15, 0.2) is 12.5 Å². The molecule has 0 aliphatic heterocycles. The van der Waals surface area contributed by atoms with Crippen molar-refractivity contribution < 1.29 is 39.0 Å². The molecule has 0 aliphatic carbocycles. The molecule has 1 aromatic heterocycles. The third kappa shape index (κ3) is 10.5. The number of nitrogens with one attached hydrogen (secondary N) is 4. The minimum absolute atomic E-state index is 0.149. The highest BCUT2D eigenvalue weighted by atomic mass is 16.4. The number of nitrogens with zero attached hydrogens (tertiary/aromatic N) is 1. The van der Waals surface area contributed by atoms with Gasteiger partial charge in [0.05, 0.1) is 12.4 Å². The van der Waals surface area contributed by atoms with Crippen molar-refractivity contribution >= 4 is 35.5 Å². The van der Waals surface area contributed by atoms with Crippen LogP contribution in [-0.4, -0.2) is 86.0 Å². The summed E-state index contributed by atoms with van der Waals surface area (Å²) in [5, 5.41) is 25.9. The molecule has 16 heteroatoms. The van der Waals surface area contributed by atoms with Crippen LogP contribution in [0.5, 0.6) is 0 Å². The average Bonchev–Trinajstić information content (AvgIpc) is 3.30. The van der Waals surface area contributed by atoms with Crippen molar-refractivity contribution in [3.05, 3.63) is 18.2 Å². The third-order valence-corrected chi connectivity index (χ3v) is 5.04. The molecule has 16 nitrogen and oxygen atoms in total. The number of carbonyl (C=O) groups excluding carboxylic acids is 5. The van der Waals surface area contributed by atoms with Gasteiger partial charge in [0.15, 0.2) is 0 Å². The van der Waals surface area contributed by atoms with Crippen molar-refractivity contribution in [2.24, 2.45) is 17.2 Å².